The number of hydrogen-bond acceptors (Lipinski definition) is 2. The Morgan fingerprint density at radius 1 is 1.31 bits per heavy atom. The van der Waals surface area contributed by atoms with Crippen molar-refractivity contribution < 1.29 is 4.74 Å². The van der Waals surface area contributed by atoms with Gasteiger partial charge in [-0.15, -0.1) is 0 Å². The van der Waals surface area contributed by atoms with E-state index in [0.717, 1.165) is 25.2 Å². The first-order valence-corrected chi connectivity index (χ1v) is 6.33. The average molecular weight is 217 g/mol. The van der Waals surface area contributed by atoms with Gasteiger partial charge in [-0.05, 0) is 42.4 Å². The quantitative estimate of drug-likeness (QED) is 0.825. The van der Waals surface area contributed by atoms with Gasteiger partial charge in [0.15, 0.2) is 0 Å². The van der Waals surface area contributed by atoms with Gasteiger partial charge >= 0.3 is 0 Å². The monoisotopic (exact) mass is 217 g/mol. The van der Waals surface area contributed by atoms with Crippen LogP contribution in [-0.2, 0) is 12.8 Å². The summed E-state index contributed by atoms with van der Waals surface area (Å²) in [6, 6.07) is 7.10. The number of nitrogens with two attached hydrogens (primary N) is 1. The van der Waals surface area contributed by atoms with Gasteiger partial charge in [0.1, 0.15) is 5.75 Å². The molecular weight excluding hydrogens is 198 g/mol. The first kappa shape index (κ1) is 10.2. The Kier molecular flexibility index (Phi) is 2.60. The van der Waals surface area contributed by atoms with Crippen molar-refractivity contribution in [3.8, 4) is 5.75 Å². The molecule has 1 aromatic rings. The highest BCUT2D eigenvalue weighted by molar-refractivity contribution is 5.40. The molecule has 2 nitrogen and oxygen atoms in total. The highest BCUT2D eigenvalue weighted by atomic mass is 16.5. The molecule has 0 amide bonds. The summed E-state index contributed by atoms with van der Waals surface area (Å²) >= 11 is 0. The summed E-state index contributed by atoms with van der Waals surface area (Å²) in [6.45, 7) is 0.849. The lowest BCUT2D eigenvalue weighted by atomic mass is 9.94. The van der Waals surface area contributed by atoms with E-state index in [9.17, 15) is 0 Å². The lowest BCUT2D eigenvalue weighted by molar-refractivity contribution is 0.356. The third kappa shape index (κ3) is 1.82. The molecule has 2 atom stereocenters. The Morgan fingerprint density at radius 2 is 2.25 bits per heavy atom. The maximum atomic E-state index is 6.11. The minimum atomic E-state index is 0.411. The van der Waals surface area contributed by atoms with Gasteiger partial charge in [-0.1, -0.05) is 18.6 Å². The Morgan fingerprint density at radius 3 is 3.06 bits per heavy atom. The standard InChI is InChI=1S/C14H19NO/c15-13-3-1-2-12(13)8-10-4-5-11-6-7-16-14(11)9-10/h4-5,9,12-13H,1-3,6-8,15H2. The zero-order valence-corrected chi connectivity index (χ0v) is 9.61. The predicted molar refractivity (Wildman–Crippen MR) is 64.7 cm³/mol. The highest BCUT2D eigenvalue weighted by Crippen LogP contribution is 2.31. The number of hydrogen-bond donors (Lipinski definition) is 1. The van der Waals surface area contributed by atoms with Crippen molar-refractivity contribution in [1.29, 1.82) is 0 Å². The van der Waals surface area contributed by atoms with Gasteiger partial charge in [-0.25, -0.2) is 0 Å². The molecule has 0 aromatic heterocycles. The van der Waals surface area contributed by atoms with Gasteiger partial charge in [0.05, 0.1) is 6.61 Å². The third-order valence-corrected chi connectivity index (χ3v) is 3.98. The van der Waals surface area contributed by atoms with Gasteiger partial charge in [0.25, 0.3) is 0 Å². The van der Waals surface area contributed by atoms with E-state index >= 15 is 0 Å². The lowest BCUT2D eigenvalue weighted by Crippen LogP contribution is -2.25. The number of fused-ring (bicyclic) bond motifs is 1. The van der Waals surface area contributed by atoms with Crippen LogP contribution in [0.3, 0.4) is 0 Å². The van der Waals surface area contributed by atoms with Crippen molar-refractivity contribution in [3.05, 3.63) is 29.3 Å². The fraction of sp³-hybridized carbons (Fsp3) is 0.571. The van der Waals surface area contributed by atoms with Crippen LogP contribution in [0.2, 0.25) is 0 Å². The molecule has 0 bridgehead atoms. The summed E-state index contributed by atoms with van der Waals surface area (Å²) in [4.78, 5) is 0. The van der Waals surface area contributed by atoms with E-state index in [1.54, 1.807) is 0 Å². The largest absolute Gasteiger partial charge is 0.493 e. The Bertz CT molecular complexity index is 388. The Labute approximate surface area is 96.8 Å². The molecule has 2 aliphatic rings. The summed E-state index contributed by atoms with van der Waals surface area (Å²) in [7, 11) is 0. The molecule has 1 saturated carbocycles. The lowest BCUT2D eigenvalue weighted by Gasteiger charge is -2.15. The van der Waals surface area contributed by atoms with Crippen LogP contribution in [0, 0.1) is 5.92 Å². The molecule has 1 aromatic carbocycles. The number of ether oxygens (including phenoxy) is 1. The van der Waals surface area contributed by atoms with E-state index in [-0.39, 0.29) is 0 Å². The minimum Gasteiger partial charge on any atom is -0.493 e. The normalized spacial score (nSPS) is 27.8. The Hall–Kier alpha value is -1.02. The molecule has 2 unspecified atom stereocenters. The van der Waals surface area contributed by atoms with Crippen molar-refractivity contribution in [2.75, 3.05) is 6.61 Å². The van der Waals surface area contributed by atoms with Crippen molar-refractivity contribution in [2.45, 2.75) is 38.1 Å². The molecule has 0 radical (unpaired) electrons. The first-order valence-electron chi connectivity index (χ1n) is 6.33. The molecule has 0 spiro atoms. The Balaban J connectivity index is 1.75. The predicted octanol–water partition coefficient (Wildman–Crippen LogP) is 2.29. The van der Waals surface area contributed by atoms with E-state index in [2.05, 4.69) is 18.2 Å². The first-order chi connectivity index (χ1) is 7.83. The molecule has 3 rings (SSSR count). The van der Waals surface area contributed by atoms with Crippen LogP contribution in [0.25, 0.3) is 0 Å². The van der Waals surface area contributed by atoms with Crippen LogP contribution in [0.15, 0.2) is 18.2 Å². The summed E-state index contributed by atoms with van der Waals surface area (Å²) in [6.07, 6.45) is 5.98. The molecule has 16 heavy (non-hydrogen) atoms. The molecule has 1 aliphatic carbocycles. The van der Waals surface area contributed by atoms with Gasteiger partial charge in [-0.2, -0.15) is 0 Å². The molecule has 0 saturated heterocycles. The van der Waals surface area contributed by atoms with E-state index in [1.165, 1.54) is 30.4 Å². The summed E-state index contributed by atoms with van der Waals surface area (Å²) in [5.41, 5.74) is 8.86. The van der Waals surface area contributed by atoms with Crippen molar-refractivity contribution in [3.63, 3.8) is 0 Å². The SMILES string of the molecule is NC1CCCC1Cc1ccc2c(c1)OCC2. The van der Waals surface area contributed by atoms with Crippen LogP contribution in [0.1, 0.15) is 30.4 Å². The second-order valence-corrected chi connectivity index (χ2v) is 5.10. The van der Waals surface area contributed by atoms with Gasteiger partial charge in [0, 0.05) is 12.5 Å². The molecule has 2 N–H and O–H groups in total. The second-order valence-electron chi connectivity index (χ2n) is 5.10. The average Bonchev–Trinajstić information content (AvgIpc) is 2.88. The number of rotatable bonds is 2. The molecule has 1 heterocycles. The van der Waals surface area contributed by atoms with Crippen LogP contribution >= 0.6 is 0 Å². The van der Waals surface area contributed by atoms with Crippen molar-refractivity contribution in [1.82, 2.24) is 0 Å². The van der Waals surface area contributed by atoms with Crippen LogP contribution in [0.4, 0.5) is 0 Å². The van der Waals surface area contributed by atoms with Crippen molar-refractivity contribution >= 4 is 0 Å². The van der Waals surface area contributed by atoms with Crippen molar-refractivity contribution in [2.24, 2.45) is 11.7 Å². The van der Waals surface area contributed by atoms with Gasteiger partial charge in [0.2, 0.25) is 0 Å². The zero-order valence-electron chi connectivity index (χ0n) is 9.61. The minimum absolute atomic E-state index is 0.411. The molecule has 1 aliphatic heterocycles. The zero-order chi connectivity index (χ0) is 11.0. The maximum absolute atomic E-state index is 6.11. The summed E-state index contributed by atoms with van der Waals surface area (Å²) in [5, 5.41) is 0. The van der Waals surface area contributed by atoms with Crippen LogP contribution in [0.5, 0.6) is 5.75 Å². The molecule has 86 valence electrons. The number of benzene rings is 1. The topological polar surface area (TPSA) is 35.2 Å². The summed E-state index contributed by atoms with van der Waals surface area (Å²) in [5.74, 6) is 1.78. The fourth-order valence-corrected chi connectivity index (χ4v) is 2.96. The van der Waals surface area contributed by atoms with E-state index in [0.29, 0.717) is 12.0 Å². The van der Waals surface area contributed by atoms with E-state index in [4.69, 9.17) is 10.5 Å². The van der Waals surface area contributed by atoms with Gasteiger partial charge in [-0.3, -0.25) is 0 Å². The maximum Gasteiger partial charge on any atom is 0.122 e. The third-order valence-electron chi connectivity index (χ3n) is 3.98. The smallest absolute Gasteiger partial charge is 0.122 e. The summed E-state index contributed by atoms with van der Waals surface area (Å²) < 4.78 is 5.60. The highest BCUT2D eigenvalue weighted by Gasteiger charge is 2.24. The fourth-order valence-electron chi connectivity index (χ4n) is 2.96. The molecule has 2 heteroatoms. The molecule has 1 fully saturated rings. The van der Waals surface area contributed by atoms with Crippen LogP contribution in [-0.4, -0.2) is 12.6 Å². The van der Waals surface area contributed by atoms with Gasteiger partial charge < -0.3 is 10.5 Å². The van der Waals surface area contributed by atoms with E-state index in [1.807, 2.05) is 0 Å². The second kappa shape index (κ2) is 4.10. The van der Waals surface area contributed by atoms with E-state index < -0.39 is 0 Å². The van der Waals surface area contributed by atoms with Crippen LogP contribution < -0.4 is 10.5 Å². The molecular formula is C14H19NO.